The Balaban J connectivity index is 1.76. The van der Waals surface area contributed by atoms with Gasteiger partial charge in [0.15, 0.2) is 11.5 Å². The first-order valence-electron chi connectivity index (χ1n) is 9.27. The summed E-state index contributed by atoms with van der Waals surface area (Å²) >= 11 is 1.45. The number of primary amides is 1. The summed E-state index contributed by atoms with van der Waals surface area (Å²) in [6, 6.07) is 5.45. The van der Waals surface area contributed by atoms with Crippen molar-refractivity contribution in [1.82, 2.24) is 0 Å². The minimum atomic E-state index is -0.491. The van der Waals surface area contributed by atoms with Crippen LogP contribution in [0.2, 0.25) is 0 Å². The number of aryl methyl sites for hydroxylation is 1. The molecular formula is C21H24N2O4S. The lowest BCUT2D eigenvalue weighted by Crippen LogP contribution is -2.17. The van der Waals surface area contributed by atoms with Gasteiger partial charge in [-0.05, 0) is 61.9 Å². The number of rotatable bonds is 7. The molecule has 0 fully saturated rings. The quantitative estimate of drug-likeness (QED) is 0.692. The second-order valence-corrected chi connectivity index (χ2v) is 7.55. The van der Waals surface area contributed by atoms with Gasteiger partial charge >= 0.3 is 0 Å². The SMILES string of the molecule is CCOc1ccc(C=CC(=O)Nc2sc3c(c2C(N)=O)CCCC3)cc1OC. The highest BCUT2D eigenvalue weighted by Crippen LogP contribution is 2.38. The topological polar surface area (TPSA) is 90.6 Å². The maximum atomic E-state index is 12.4. The van der Waals surface area contributed by atoms with Crippen LogP contribution >= 0.6 is 11.3 Å². The molecule has 0 atom stereocenters. The summed E-state index contributed by atoms with van der Waals surface area (Å²) in [5.41, 5.74) is 7.83. The number of carbonyl (C=O) groups is 2. The number of amides is 2. The van der Waals surface area contributed by atoms with E-state index in [4.69, 9.17) is 15.2 Å². The van der Waals surface area contributed by atoms with E-state index in [1.165, 1.54) is 17.4 Å². The van der Waals surface area contributed by atoms with Crippen LogP contribution in [-0.4, -0.2) is 25.5 Å². The Labute approximate surface area is 168 Å². The maximum Gasteiger partial charge on any atom is 0.251 e. The largest absolute Gasteiger partial charge is 0.493 e. The lowest BCUT2D eigenvalue weighted by atomic mass is 9.95. The molecule has 7 heteroatoms. The lowest BCUT2D eigenvalue weighted by molar-refractivity contribution is -0.111. The van der Waals surface area contributed by atoms with Gasteiger partial charge in [0.2, 0.25) is 5.91 Å². The van der Waals surface area contributed by atoms with Crippen LogP contribution in [0.5, 0.6) is 11.5 Å². The van der Waals surface area contributed by atoms with Crippen LogP contribution in [0.1, 0.15) is 46.1 Å². The lowest BCUT2D eigenvalue weighted by Gasteiger charge is -2.11. The Hall–Kier alpha value is -2.80. The average molecular weight is 401 g/mol. The summed E-state index contributed by atoms with van der Waals surface area (Å²) in [4.78, 5) is 25.5. The molecule has 0 saturated carbocycles. The summed E-state index contributed by atoms with van der Waals surface area (Å²) in [7, 11) is 1.57. The molecule has 1 aliphatic carbocycles. The first-order valence-corrected chi connectivity index (χ1v) is 10.1. The molecule has 0 aliphatic heterocycles. The normalized spacial score (nSPS) is 13.2. The van der Waals surface area contributed by atoms with Crippen molar-refractivity contribution in [1.29, 1.82) is 0 Å². The van der Waals surface area contributed by atoms with E-state index in [9.17, 15) is 9.59 Å². The number of methoxy groups -OCH3 is 1. The van der Waals surface area contributed by atoms with E-state index >= 15 is 0 Å². The third-order valence-corrected chi connectivity index (χ3v) is 5.78. The summed E-state index contributed by atoms with van der Waals surface area (Å²) in [5, 5.41) is 3.36. The first kappa shape index (κ1) is 19.9. The van der Waals surface area contributed by atoms with Crippen molar-refractivity contribution in [2.75, 3.05) is 19.0 Å². The Morgan fingerprint density at radius 1 is 1.25 bits per heavy atom. The van der Waals surface area contributed by atoms with Crippen molar-refractivity contribution in [3.63, 3.8) is 0 Å². The Morgan fingerprint density at radius 3 is 2.75 bits per heavy atom. The number of ether oxygens (including phenoxy) is 2. The second kappa shape index (κ2) is 8.93. The number of hydrogen-bond acceptors (Lipinski definition) is 5. The summed E-state index contributed by atoms with van der Waals surface area (Å²) in [5.74, 6) is 0.456. The third-order valence-electron chi connectivity index (χ3n) is 4.57. The predicted octanol–water partition coefficient (Wildman–Crippen LogP) is 3.79. The van der Waals surface area contributed by atoms with Crippen LogP contribution in [-0.2, 0) is 17.6 Å². The molecule has 0 spiro atoms. The van der Waals surface area contributed by atoms with Gasteiger partial charge in [0, 0.05) is 11.0 Å². The highest BCUT2D eigenvalue weighted by Gasteiger charge is 2.24. The van der Waals surface area contributed by atoms with E-state index in [0.29, 0.717) is 28.7 Å². The Bertz CT molecular complexity index is 917. The Kier molecular flexibility index (Phi) is 6.36. The van der Waals surface area contributed by atoms with Gasteiger partial charge in [-0.25, -0.2) is 0 Å². The molecule has 0 saturated heterocycles. The molecule has 1 aliphatic rings. The van der Waals surface area contributed by atoms with E-state index in [1.807, 2.05) is 13.0 Å². The van der Waals surface area contributed by atoms with Crippen molar-refractivity contribution in [2.45, 2.75) is 32.6 Å². The van der Waals surface area contributed by atoms with E-state index in [-0.39, 0.29) is 5.91 Å². The zero-order chi connectivity index (χ0) is 20.1. The molecule has 2 amide bonds. The molecule has 0 unspecified atom stereocenters. The second-order valence-electron chi connectivity index (χ2n) is 6.45. The van der Waals surface area contributed by atoms with Gasteiger partial charge < -0.3 is 20.5 Å². The first-order chi connectivity index (χ1) is 13.5. The van der Waals surface area contributed by atoms with Crippen molar-refractivity contribution in [3.05, 3.63) is 45.8 Å². The number of hydrogen-bond donors (Lipinski definition) is 2. The number of benzene rings is 1. The number of fused-ring (bicyclic) bond motifs is 1. The minimum Gasteiger partial charge on any atom is -0.493 e. The van der Waals surface area contributed by atoms with Crippen LogP contribution in [0.4, 0.5) is 5.00 Å². The van der Waals surface area contributed by atoms with Gasteiger partial charge in [0.25, 0.3) is 5.91 Å². The van der Waals surface area contributed by atoms with Crippen LogP contribution in [0.3, 0.4) is 0 Å². The van der Waals surface area contributed by atoms with Gasteiger partial charge in [-0.1, -0.05) is 6.07 Å². The van der Waals surface area contributed by atoms with Gasteiger partial charge in [0.05, 0.1) is 19.3 Å². The van der Waals surface area contributed by atoms with Crippen molar-refractivity contribution in [3.8, 4) is 11.5 Å². The number of nitrogens with one attached hydrogen (secondary N) is 1. The number of thiophene rings is 1. The van der Waals surface area contributed by atoms with Crippen LogP contribution in [0, 0.1) is 0 Å². The van der Waals surface area contributed by atoms with Gasteiger partial charge in [-0.15, -0.1) is 11.3 Å². The van der Waals surface area contributed by atoms with E-state index in [0.717, 1.165) is 41.7 Å². The van der Waals surface area contributed by atoms with Crippen LogP contribution in [0.15, 0.2) is 24.3 Å². The van der Waals surface area contributed by atoms with E-state index in [2.05, 4.69) is 5.32 Å². The zero-order valence-corrected chi connectivity index (χ0v) is 16.9. The molecule has 28 heavy (non-hydrogen) atoms. The average Bonchev–Trinajstić information content (AvgIpc) is 3.05. The zero-order valence-electron chi connectivity index (χ0n) is 16.0. The van der Waals surface area contributed by atoms with Gasteiger partial charge in [-0.3, -0.25) is 9.59 Å². The highest BCUT2D eigenvalue weighted by atomic mass is 32.1. The monoisotopic (exact) mass is 400 g/mol. The molecule has 3 N–H and O–H groups in total. The highest BCUT2D eigenvalue weighted by molar-refractivity contribution is 7.17. The summed E-state index contributed by atoms with van der Waals surface area (Å²) < 4.78 is 10.8. The van der Waals surface area contributed by atoms with Gasteiger partial charge in [-0.2, -0.15) is 0 Å². The Morgan fingerprint density at radius 2 is 2.04 bits per heavy atom. The number of carbonyl (C=O) groups excluding carboxylic acids is 2. The molecule has 2 aromatic rings. The minimum absolute atomic E-state index is 0.311. The predicted molar refractivity (Wildman–Crippen MR) is 111 cm³/mol. The van der Waals surface area contributed by atoms with E-state index < -0.39 is 5.91 Å². The molecule has 3 rings (SSSR count). The van der Waals surface area contributed by atoms with Crippen LogP contribution in [0.25, 0.3) is 6.08 Å². The van der Waals surface area contributed by atoms with Gasteiger partial charge in [0.1, 0.15) is 5.00 Å². The summed E-state index contributed by atoms with van der Waals surface area (Å²) in [6.07, 6.45) is 7.01. The smallest absolute Gasteiger partial charge is 0.251 e. The maximum absolute atomic E-state index is 12.4. The molecule has 0 bridgehead atoms. The van der Waals surface area contributed by atoms with E-state index in [1.54, 1.807) is 25.3 Å². The fourth-order valence-electron chi connectivity index (χ4n) is 3.30. The van der Waals surface area contributed by atoms with Crippen molar-refractivity contribution >= 4 is 34.2 Å². The number of anilines is 1. The molecule has 148 valence electrons. The fraction of sp³-hybridized carbons (Fsp3) is 0.333. The van der Waals surface area contributed by atoms with Crippen LogP contribution < -0.4 is 20.5 Å². The molecule has 1 heterocycles. The van der Waals surface area contributed by atoms with Crippen molar-refractivity contribution < 1.29 is 19.1 Å². The molecular weight excluding hydrogens is 376 g/mol. The molecule has 6 nitrogen and oxygen atoms in total. The molecule has 1 aromatic heterocycles. The number of nitrogens with two attached hydrogens (primary N) is 1. The third kappa shape index (κ3) is 4.36. The summed E-state index contributed by atoms with van der Waals surface area (Å²) in [6.45, 7) is 2.45. The molecule has 0 radical (unpaired) electrons. The molecule has 1 aromatic carbocycles. The van der Waals surface area contributed by atoms with Crippen molar-refractivity contribution in [2.24, 2.45) is 5.73 Å². The standard InChI is InChI=1S/C21H24N2O4S/c1-3-27-15-10-8-13(12-16(15)26-2)9-11-18(24)23-21-19(20(22)25)14-6-4-5-7-17(14)28-21/h8-12H,3-7H2,1-2H3,(H2,22,25)(H,23,24). The fourth-order valence-corrected chi connectivity index (χ4v) is 4.60.